The number of benzene rings is 2. The van der Waals surface area contributed by atoms with Crippen molar-refractivity contribution >= 4 is 35.2 Å². The number of carboxylic acid groups (broad SMARTS) is 1. The van der Waals surface area contributed by atoms with Crippen LogP contribution in [-0.4, -0.2) is 83.3 Å². The maximum absolute atomic E-state index is 11.2. The van der Waals surface area contributed by atoms with Gasteiger partial charge >= 0.3 is 0 Å². The molecule has 264 valence electrons. The van der Waals surface area contributed by atoms with Crippen LogP contribution >= 0.6 is 0 Å². The lowest BCUT2D eigenvalue weighted by Crippen LogP contribution is -2.29. The van der Waals surface area contributed by atoms with E-state index in [4.69, 9.17) is 29.1 Å². The van der Waals surface area contributed by atoms with E-state index in [9.17, 15) is 10.2 Å². The SMILES string of the molecule is CCc1cc([C@H]2O[C@@H](n3cnc4c(NCC(c5ccccc5)c5ccccc5)nc(NCCNc5ccccn5)nc43)[C@H](O)[C@@H]2O)on1.O=CO. The fourth-order valence-corrected chi connectivity index (χ4v) is 5.89. The van der Waals surface area contributed by atoms with E-state index in [0.717, 1.165) is 22.6 Å². The van der Waals surface area contributed by atoms with Gasteiger partial charge in [0, 0.05) is 37.8 Å². The van der Waals surface area contributed by atoms with E-state index in [1.54, 1.807) is 23.2 Å². The zero-order chi connectivity index (χ0) is 35.6. The van der Waals surface area contributed by atoms with Gasteiger partial charge in [-0.25, -0.2) is 9.97 Å². The molecule has 0 aliphatic carbocycles. The lowest BCUT2D eigenvalue weighted by molar-refractivity contribution is -0.122. The Balaban J connectivity index is 0.00000144. The van der Waals surface area contributed by atoms with Crippen molar-refractivity contribution in [1.29, 1.82) is 0 Å². The van der Waals surface area contributed by atoms with Crippen molar-refractivity contribution in [2.75, 3.05) is 35.6 Å². The molecule has 4 atom stereocenters. The molecule has 0 saturated carbocycles. The van der Waals surface area contributed by atoms with Crippen LogP contribution in [0.3, 0.4) is 0 Å². The molecule has 6 aromatic rings. The van der Waals surface area contributed by atoms with E-state index < -0.39 is 24.5 Å². The third-order valence-corrected chi connectivity index (χ3v) is 8.41. The van der Waals surface area contributed by atoms with E-state index in [1.165, 1.54) is 0 Å². The van der Waals surface area contributed by atoms with E-state index in [0.29, 0.717) is 54.7 Å². The summed E-state index contributed by atoms with van der Waals surface area (Å²) in [5, 5.41) is 43.2. The van der Waals surface area contributed by atoms with Crippen LogP contribution in [0.4, 0.5) is 17.6 Å². The number of fused-ring (bicyclic) bond motifs is 1. The molecule has 0 amide bonds. The highest BCUT2D eigenvalue weighted by Gasteiger charge is 2.47. The molecule has 15 nitrogen and oxygen atoms in total. The first kappa shape index (κ1) is 34.9. The topological polar surface area (TPSA) is 206 Å². The summed E-state index contributed by atoms with van der Waals surface area (Å²) in [4.78, 5) is 26.9. The standard InChI is InChI=1S/C35H37N9O4.CH2O2/c1-2-24-19-26(48-43-24)31-29(45)30(46)34(47-31)44-21-40-28-32(39-20-25(22-11-5-3-6-12-22)23-13-7-4-8-14-23)41-35(42-33(28)44)38-18-17-37-27-15-9-10-16-36-27;2-1-3/h3-16,19,21,25,29-31,34,45-46H,2,17-18,20H2,1H3,(H,36,37)(H2,38,39,41,42);1H,(H,2,3)/t29-,30+,31+,34+;/m0./s1. The van der Waals surface area contributed by atoms with Crippen LogP contribution in [0.1, 0.15) is 47.8 Å². The Morgan fingerprint density at radius 1 is 0.882 bits per heavy atom. The zero-order valence-electron chi connectivity index (χ0n) is 27.8. The van der Waals surface area contributed by atoms with Gasteiger partial charge in [-0.3, -0.25) is 9.36 Å². The van der Waals surface area contributed by atoms with Crippen molar-refractivity contribution < 1.29 is 29.4 Å². The summed E-state index contributed by atoms with van der Waals surface area (Å²) in [7, 11) is 0. The van der Waals surface area contributed by atoms with Gasteiger partial charge in [0.1, 0.15) is 24.1 Å². The number of nitrogens with zero attached hydrogens (tertiary/aromatic N) is 6. The van der Waals surface area contributed by atoms with Crippen LogP contribution in [-0.2, 0) is 16.0 Å². The van der Waals surface area contributed by atoms with Crippen molar-refractivity contribution in [2.45, 2.75) is 43.8 Å². The molecule has 0 unspecified atom stereocenters. The van der Waals surface area contributed by atoms with Crippen LogP contribution in [0.5, 0.6) is 0 Å². The average molecular weight is 694 g/mol. The Bertz CT molecular complexity index is 1940. The number of ether oxygens (including phenoxy) is 1. The first-order valence-corrected chi connectivity index (χ1v) is 16.5. The first-order valence-electron chi connectivity index (χ1n) is 16.5. The molecule has 15 heteroatoms. The predicted octanol–water partition coefficient (Wildman–Crippen LogP) is 4.23. The predicted molar refractivity (Wildman–Crippen MR) is 189 cm³/mol. The number of hydrogen-bond acceptors (Lipinski definition) is 13. The highest BCUT2D eigenvalue weighted by atomic mass is 16.6. The Morgan fingerprint density at radius 3 is 2.22 bits per heavy atom. The molecule has 1 saturated heterocycles. The number of aliphatic hydroxyl groups is 2. The average Bonchev–Trinajstić information content (AvgIpc) is 3.89. The lowest BCUT2D eigenvalue weighted by atomic mass is 9.91. The Labute approximate surface area is 293 Å². The van der Waals surface area contributed by atoms with Gasteiger partial charge in [0.05, 0.1) is 12.0 Å². The molecule has 4 aromatic heterocycles. The number of carbonyl (C=O) groups is 1. The fraction of sp³-hybridized carbons (Fsp3) is 0.278. The van der Waals surface area contributed by atoms with Crippen molar-refractivity contribution in [2.24, 2.45) is 0 Å². The van der Waals surface area contributed by atoms with E-state index in [2.05, 4.69) is 55.3 Å². The molecule has 51 heavy (non-hydrogen) atoms. The second-order valence-electron chi connectivity index (χ2n) is 11.7. The van der Waals surface area contributed by atoms with E-state index >= 15 is 0 Å². The van der Waals surface area contributed by atoms with E-state index in [-0.39, 0.29) is 12.4 Å². The Morgan fingerprint density at radius 2 is 1.57 bits per heavy atom. The third kappa shape index (κ3) is 8.12. The minimum atomic E-state index is -1.28. The van der Waals surface area contributed by atoms with Crippen molar-refractivity contribution in [3.05, 3.63) is 120 Å². The molecule has 5 heterocycles. The smallest absolute Gasteiger partial charge is 0.290 e. The minimum absolute atomic E-state index is 0.0318. The molecule has 1 aliphatic rings. The van der Waals surface area contributed by atoms with Gasteiger partial charge in [-0.1, -0.05) is 78.8 Å². The van der Waals surface area contributed by atoms with Crippen LogP contribution in [0.15, 0.2) is 102 Å². The van der Waals surface area contributed by atoms with Gasteiger partial charge in [0.2, 0.25) is 5.95 Å². The number of aromatic nitrogens is 6. The van der Waals surface area contributed by atoms with Gasteiger partial charge in [0.25, 0.3) is 6.47 Å². The van der Waals surface area contributed by atoms with Gasteiger partial charge < -0.3 is 40.5 Å². The van der Waals surface area contributed by atoms with Gasteiger partial charge in [-0.05, 0) is 29.7 Å². The molecule has 1 aliphatic heterocycles. The molecule has 1 fully saturated rings. The Kier molecular flexibility index (Phi) is 11.4. The highest BCUT2D eigenvalue weighted by molar-refractivity contribution is 5.84. The van der Waals surface area contributed by atoms with Gasteiger partial charge in [-0.2, -0.15) is 9.97 Å². The summed E-state index contributed by atoms with van der Waals surface area (Å²) in [6.07, 6.45) is -0.499. The van der Waals surface area contributed by atoms with Crippen molar-refractivity contribution in [3.8, 4) is 0 Å². The van der Waals surface area contributed by atoms with Crippen LogP contribution in [0.2, 0.25) is 0 Å². The number of rotatable bonds is 13. The summed E-state index contributed by atoms with van der Waals surface area (Å²) < 4.78 is 13.3. The van der Waals surface area contributed by atoms with Gasteiger partial charge in [-0.15, -0.1) is 0 Å². The summed E-state index contributed by atoms with van der Waals surface area (Å²) in [5.41, 5.74) is 3.97. The number of hydrogen-bond donors (Lipinski definition) is 6. The van der Waals surface area contributed by atoms with Gasteiger partial charge in [0.15, 0.2) is 29.0 Å². The Hall–Kier alpha value is -5.90. The molecular weight excluding hydrogens is 654 g/mol. The second kappa shape index (κ2) is 16.7. The number of anilines is 3. The minimum Gasteiger partial charge on any atom is -0.483 e. The van der Waals surface area contributed by atoms with Crippen molar-refractivity contribution in [3.63, 3.8) is 0 Å². The normalized spacial score (nSPS) is 18.3. The molecule has 6 N–H and O–H groups in total. The molecule has 0 spiro atoms. The summed E-state index contributed by atoms with van der Waals surface area (Å²) in [6.45, 7) is 3.30. The number of nitrogens with one attached hydrogen (secondary N) is 3. The fourth-order valence-electron chi connectivity index (χ4n) is 5.89. The molecular formula is C36H39N9O6. The second-order valence-corrected chi connectivity index (χ2v) is 11.7. The zero-order valence-corrected chi connectivity index (χ0v) is 27.8. The molecule has 2 aromatic carbocycles. The summed E-state index contributed by atoms with van der Waals surface area (Å²) in [5.74, 6) is 2.02. The highest BCUT2D eigenvalue weighted by Crippen LogP contribution is 2.40. The third-order valence-electron chi connectivity index (χ3n) is 8.41. The van der Waals surface area contributed by atoms with Crippen LogP contribution in [0.25, 0.3) is 11.2 Å². The lowest BCUT2D eigenvalue weighted by Gasteiger charge is -2.20. The molecule has 0 bridgehead atoms. The first-order chi connectivity index (χ1) is 25.0. The van der Waals surface area contributed by atoms with E-state index in [1.807, 2.05) is 61.5 Å². The molecule has 7 rings (SSSR count). The van der Waals surface area contributed by atoms with Crippen molar-refractivity contribution in [1.82, 2.24) is 29.7 Å². The largest absolute Gasteiger partial charge is 0.483 e. The van der Waals surface area contributed by atoms with Crippen LogP contribution < -0.4 is 16.0 Å². The number of pyridine rings is 1. The monoisotopic (exact) mass is 693 g/mol. The quantitative estimate of drug-likeness (QED) is 0.0740. The van der Waals surface area contributed by atoms with Crippen LogP contribution in [0, 0.1) is 0 Å². The molecule has 0 radical (unpaired) electrons. The summed E-state index contributed by atoms with van der Waals surface area (Å²) in [6, 6.07) is 28.0. The number of imidazole rings is 1. The maximum atomic E-state index is 11.2. The summed E-state index contributed by atoms with van der Waals surface area (Å²) >= 11 is 0. The number of aryl methyl sites for hydroxylation is 1. The number of aliphatic hydroxyl groups excluding tert-OH is 2. The maximum Gasteiger partial charge on any atom is 0.290 e.